The largest absolute Gasteiger partial charge is 0.389 e. The maximum absolute atomic E-state index is 12.6. The Morgan fingerprint density at radius 2 is 1.76 bits per heavy atom. The van der Waals surface area contributed by atoms with Gasteiger partial charge in [-0.05, 0) is 24.6 Å². The van der Waals surface area contributed by atoms with Crippen LogP contribution in [0.3, 0.4) is 0 Å². The van der Waals surface area contributed by atoms with Gasteiger partial charge in [0.05, 0.1) is 21.6 Å². The van der Waals surface area contributed by atoms with E-state index in [0.717, 1.165) is 0 Å². The van der Waals surface area contributed by atoms with E-state index in [2.05, 4.69) is 10.6 Å². The van der Waals surface area contributed by atoms with E-state index in [0.29, 0.717) is 10.6 Å². The highest BCUT2D eigenvalue weighted by Crippen LogP contribution is 2.46. The first kappa shape index (κ1) is 19.7. The Kier molecular flexibility index (Phi) is 5.76. The number of ketones is 1. The third-order valence-corrected chi connectivity index (χ3v) is 5.39. The third-order valence-electron chi connectivity index (χ3n) is 4.65. The number of hydrogen-bond acceptors (Lipinski definition) is 4. The Hall–Kier alpha value is -1.63. The fourth-order valence-electron chi connectivity index (χ4n) is 3.52. The minimum Gasteiger partial charge on any atom is -0.389 e. The van der Waals surface area contributed by atoms with Crippen molar-refractivity contribution in [1.29, 1.82) is 0 Å². The van der Waals surface area contributed by atoms with Crippen LogP contribution in [-0.2, 0) is 14.4 Å². The molecule has 1 saturated carbocycles. The Balaban J connectivity index is 2.68. The average Bonchev–Trinajstić information content (AvgIpc) is 2.54. The minimum atomic E-state index is -1.60. The summed E-state index contributed by atoms with van der Waals surface area (Å²) in [4.78, 5) is 37.5. The summed E-state index contributed by atoms with van der Waals surface area (Å²) in [6.07, 6.45) is -0.291. The number of benzene rings is 1. The summed E-state index contributed by atoms with van der Waals surface area (Å²) in [6, 6.07) is 4.67. The van der Waals surface area contributed by atoms with Crippen molar-refractivity contribution in [3.8, 4) is 0 Å². The van der Waals surface area contributed by atoms with Crippen molar-refractivity contribution in [3.05, 3.63) is 33.8 Å². The molecule has 6 nitrogen and oxygen atoms in total. The molecule has 2 rings (SSSR count). The molecule has 0 radical (unpaired) electrons. The summed E-state index contributed by atoms with van der Waals surface area (Å²) in [7, 11) is 2.86. The molecule has 4 unspecified atom stereocenters. The van der Waals surface area contributed by atoms with Gasteiger partial charge in [0, 0.05) is 26.4 Å². The van der Waals surface area contributed by atoms with Crippen LogP contribution in [0.25, 0.3) is 0 Å². The van der Waals surface area contributed by atoms with Gasteiger partial charge in [-0.1, -0.05) is 29.3 Å². The van der Waals surface area contributed by atoms with Crippen LogP contribution in [0.1, 0.15) is 24.8 Å². The van der Waals surface area contributed by atoms with Crippen molar-refractivity contribution in [3.63, 3.8) is 0 Å². The zero-order valence-electron chi connectivity index (χ0n) is 14.1. The smallest absolute Gasteiger partial charge is 0.230 e. The fraction of sp³-hybridized carbons (Fsp3) is 0.471. The van der Waals surface area contributed by atoms with Crippen molar-refractivity contribution in [1.82, 2.24) is 10.6 Å². The van der Waals surface area contributed by atoms with Gasteiger partial charge >= 0.3 is 0 Å². The molecular weight excluding hydrogens is 367 g/mol. The Bertz CT molecular complexity index is 721. The van der Waals surface area contributed by atoms with Crippen LogP contribution in [0, 0.1) is 11.8 Å². The summed E-state index contributed by atoms with van der Waals surface area (Å²) in [5.41, 5.74) is -1.11. The fourth-order valence-corrected chi connectivity index (χ4v) is 3.83. The number of rotatable bonds is 3. The highest BCUT2D eigenvalue weighted by Gasteiger charge is 2.55. The molecule has 0 aliphatic heterocycles. The van der Waals surface area contributed by atoms with Crippen molar-refractivity contribution in [2.24, 2.45) is 11.8 Å². The molecule has 3 N–H and O–H groups in total. The summed E-state index contributed by atoms with van der Waals surface area (Å²) in [5, 5.41) is 16.3. The maximum atomic E-state index is 12.6. The van der Waals surface area contributed by atoms with Gasteiger partial charge < -0.3 is 15.7 Å². The van der Waals surface area contributed by atoms with E-state index in [4.69, 9.17) is 23.2 Å². The number of hydrogen-bond donors (Lipinski definition) is 3. The molecule has 2 amide bonds. The van der Waals surface area contributed by atoms with Crippen LogP contribution >= 0.6 is 23.2 Å². The van der Waals surface area contributed by atoms with Crippen molar-refractivity contribution in [2.75, 3.05) is 14.1 Å². The normalized spacial score (nSPS) is 29.2. The molecule has 1 aromatic rings. The first-order valence-corrected chi connectivity index (χ1v) is 8.53. The summed E-state index contributed by atoms with van der Waals surface area (Å²) < 4.78 is 0. The van der Waals surface area contributed by atoms with E-state index in [1.54, 1.807) is 6.07 Å². The molecule has 4 atom stereocenters. The Morgan fingerprint density at radius 3 is 2.28 bits per heavy atom. The molecule has 8 heteroatoms. The van der Waals surface area contributed by atoms with Gasteiger partial charge in [0.2, 0.25) is 11.8 Å². The predicted octanol–water partition coefficient (Wildman–Crippen LogP) is 1.53. The van der Waals surface area contributed by atoms with Crippen LogP contribution in [-0.4, -0.2) is 42.4 Å². The van der Waals surface area contributed by atoms with Crippen LogP contribution in [0.2, 0.25) is 10.0 Å². The van der Waals surface area contributed by atoms with Gasteiger partial charge in [0.25, 0.3) is 0 Å². The van der Waals surface area contributed by atoms with Gasteiger partial charge in [-0.2, -0.15) is 0 Å². The lowest BCUT2D eigenvalue weighted by Crippen LogP contribution is -2.57. The zero-order chi connectivity index (χ0) is 18.9. The first-order chi connectivity index (χ1) is 11.6. The lowest BCUT2D eigenvalue weighted by atomic mass is 9.61. The number of amides is 2. The topological polar surface area (TPSA) is 95.5 Å². The van der Waals surface area contributed by atoms with Crippen LogP contribution in [0.15, 0.2) is 18.2 Å². The van der Waals surface area contributed by atoms with Gasteiger partial charge in [-0.25, -0.2) is 0 Å². The number of aliphatic hydroxyl groups is 1. The monoisotopic (exact) mass is 386 g/mol. The molecule has 0 bridgehead atoms. The molecule has 0 aromatic heterocycles. The Labute approximate surface area is 155 Å². The van der Waals surface area contributed by atoms with Crippen molar-refractivity contribution in [2.45, 2.75) is 24.9 Å². The van der Waals surface area contributed by atoms with Crippen LogP contribution < -0.4 is 10.6 Å². The second kappa shape index (κ2) is 7.32. The lowest BCUT2D eigenvalue weighted by Gasteiger charge is -2.44. The van der Waals surface area contributed by atoms with Gasteiger partial charge in [-0.3, -0.25) is 14.4 Å². The van der Waals surface area contributed by atoms with Crippen molar-refractivity contribution >= 4 is 40.8 Å². The van der Waals surface area contributed by atoms with E-state index >= 15 is 0 Å². The summed E-state index contributed by atoms with van der Waals surface area (Å²) in [5.74, 6) is -4.38. The highest BCUT2D eigenvalue weighted by atomic mass is 35.5. The van der Waals surface area contributed by atoms with Crippen LogP contribution in [0.4, 0.5) is 0 Å². The predicted molar refractivity (Wildman–Crippen MR) is 94.6 cm³/mol. The van der Waals surface area contributed by atoms with Gasteiger partial charge in [0.1, 0.15) is 11.7 Å². The summed E-state index contributed by atoms with van der Waals surface area (Å²) in [6.45, 7) is 1.43. The molecule has 1 aliphatic rings. The molecule has 25 heavy (non-hydrogen) atoms. The quantitative estimate of drug-likeness (QED) is 0.686. The van der Waals surface area contributed by atoms with E-state index in [1.165, 1.54) is 33.2 Å². The number of carbonyl (C=O) groups is 3. The van der Waals surface area contributed by atoms with E-state index < -0.39 is 41.0 Å². The molecular formula is C17H20Cl2N2O4. The van der Waals surface area contributed by atoms with Gasteiger partial charge in [0.15, 0.2) is 0 Å². The minimum absolute atomic E-state index is 0.239. The molecule has 0 heterocycles. The number of halogens is 2. The molecule has 1 aromatic carbocycles. The number of nitrogens with one attached hydrogen (secondary N) is 2. The second-order valence-electron chi connectivity index (χ2n) is 6.38. The average molecular weight is 387 g/mol. The standard InChI is InChI=1S/C17H20Cl2N2O4/c1-17(25)7-11(22)13(15(23)20-2)12(14(17)16(24)21-3)8-4-5-9(18)10(19)6-8/h4-6,12-14,25H,7H2,1-3H3,(H,20,23)(H,21,24). The molecule has 1 fully saturated rings. The third kappa shape index (κ3) is 3.66. The number of carbonyl (C=O) groups excluding carboxylic acids is 3. The van der Waals surface area contributed by atoms with E-state index in [9.17, 15) is 19.5 Å². The molecule has 0 saturated heterocycles. The Morgan fingerprint density at radius 1 is 1.16 bits per heavy atom. The zero-order valence-corrected chi connectivity index (χ0v) is 15.6. The highest BCUT2D eigenvalue weighted by molar-refractivity contribution is 6.42. The van der Waals surface area contributed by atoms with Gasteiger partial charge in [-0.15, -0.1) is 0 Å². The maximum Gasteiger partial charge on any atom is 0.230 e. The molecule has 136 valence electrons. The first-order valence-electron chi connectivity index (χ1n) is 7.77. The lowest BCUT2D eigenvalue weighted by molar-refractivity contribution is -0.153. The second-order valence-corrected chi connectivity index (χ2v) is 7.20. The number of Topliss-reactive ketones (excluding diaryl/α,β-unsaturated/α-hetero) is 1. The van der Waals surface area contributed by atoms with Crippen LogP contribution in [0.5, 0.6) is 0 Å². The summed E-state index contributed by atoms with van der Waals surface area (Å²) >= 11 is 12.0. The molecule has 0 spiro atoms. The van der Waals surface area contributed by atoms with E-state index in [-0.39, 0.29) is 11.4 Å². The molecule has 1 aliphatic carbocycles. The SMILES string of the molecule is CNC(=O)C1C(=O)CC(C)(O)C(C(=O)NC)C1c1ccc(Cl)c(Cl)c1. The van der Waals surface area contributed by atoms with Crippen molar-refractivity contribution < 1.29 is 19.5 Å². The van der Waals surface area contributed by atoms with E-state index in [1.807, 2.05) is 0 Å².